The van der Waals surface area contributed by atoms with Crippen molar-refractivity contribution in [1.29, 1.82) is 0 Å². The summed E-state index contributed by atoms with van der Waals surface area (Å²) < 4.78 is 38.5. The zero-order chi connectivity index (χ0) is 21.2. The second-order valence-electron chi connectivity index (χ2n) is 6.87. The van der Waals surface area contributed by atoms with Crippen LogP contribution in [0.1, 0.15) is 57.1 Å². The van der Waals surface area contributed by atoms with Crippen LogP contribution in [0.3, 0.4) is 0 Å². The molecule has 1 aromatic carbocycles. The molecule has 0 spiro atoms. The number of hydrogen-bond acceptors (Lipinski definition) is 2. The van der Waals surface area contributed by atoms with Crippen LogP contribution in [-0.4, -0.2) is 38.0 Å². The van der Waals surface area contributed by atoms with Crippen molar-refractivity contribution in [1.82, 2.24) is 16.0 Å². The quantitative estimate of drug-likeness (QED) is 0.438. The fraction of sp³-hybridized carbons (Fsp3) is 0.600. The van der Waals surface area contributed by atoms with E-state index >= 15 is 0 Å². The maximum Gasteiger partial charge on any atom is 0.416 e. The molecule has 0 heterocycles. The van der Waals surface area contributed by atoms with Crippen LogP contribution in [0.15, 0.2) is 29.3 Å². The minimum atomic E-state index is -4.33. The number of rotatable bonds is 9. The number of halogens is 3. The highest BCUT2D eigenvalue weighted by Crippen LogP contribution is 2.31. The smallest absolute Gasteiger partial charge is 0.356 e. The van der Waals surface area contributed by atoms with E-state index in [1.54, 1.807) is 13.1 Å². The number of guanidine groups is 1. The Morgan fingerprint density at radius 1 is 1.18 bits per heavy atom. The molecule has 3 N–H and O–H groups in total. The number of alkyl halides is 3. The van der Waals surface area contributed by atoms with E-state index < -0.39 is 11.7 Å². The highest BCUT2D eigenvalue weighted by atomic mass is 19.4. The molecule has 0 bridgehead atoms. The van der Waals surface area contributed by atoms with Gasteiger partial charge in [-0.05, 0) is 37.3 Å². The Morgan fingerprint density at radius 2 is 1.86 bits per heavy atom. The molecule has 0 radical (unpaired) electrons. The van der Waals surface area contributed by atoms with Crippen LogP contribution >= 0.6 is 0 Å². The maximum absolute atomic E-state index is 12.8. The lowest BCUT2D eigenvalue weighted by Crippen LogP contribution is -2.40. The summed E-state index contributed by atoms with van der Waals surface area (Å²) in [6, 6.07) is 5.59. The monoisotopic (exact) mass is 400 g/mol. The molecule has 28 heavy (non-hydrogen) atoms. The molecular weight excluding hydrogens is 369 g/mol. The van der Waals surface area contributed by atoms with Gasteiger partial charge < -0.3 is 16.0 Å². The molecule has 0 aliphatic rings. The molecule has 1 rings (SSSR count). The number of carbonyl (C=O) groups is 1. The van der Waals surface area contributed by atoms with Gasteiger partial charge in [0, 0.05) is 32.6 Å². The summed E-state index contributed by atoms with van der Waals surface area (Å²) in [5, 5.41) is 9.08. The van der Waals surface area contributed by atoms with Crippen molar-refractivity contribution in [2.24, 2.45) is 4.99 Å². The van der Waals surface area contributed by atoms with Gasteiger partial charge in [0.15, 0.2) is 5.96 Å². The highest BCUT2D eigenvalue weighted by molar-refractivity contribution is 5.81. The topological polar surface area (TPSA) is 65.5 Å². The van der Waals surface area contributed by atoms with E-state index in [1.807, 2.05) is 20.8 Å². The highest BCUT2D eigenvalue weighted by Gasteiger charge is 2.30. The van der Waals surface area contributed by atoms with Gasteiger partial charge in [-0.3, -0.25) is 9.79 Å². The molecule has 0 aromatic heterocycles. The summed E-state index contributed by atoms with van der Waals surface area (Å²) in [7, 11) is 1.63. The van der Waals surface area contributed by atoms with E-state index in [-0.39, 0.29) is 17.9 Å². The lowest BCUT2D eigenvalue weighted by Gasteiger charge is -2.17. The van der Waals surface area contributed by atoms with Crippen molar-refractivity contribution in [2.45, 2.75) is 58.2 Å². The van der Waals surface area contributed by atoms with Crippen LogP contribution < -0.4 is 16.0 Å². The molecule has 1 amide bonds. The van der Waals surface area contributed by atoms with Gasteiger partial charge in [-0.25, -0.2) is 0 Å². The molecule has 8 heteroatoms. The minimum Gasteiger partial charge on any atom is -0.356 e. The number of nitrogens with one attached hydrogen (secondary N) is 3. The maximum atomic E-state index is 12.8. The molecule has 0 saturated heterocycles. The third kappa shape index (κ3) is 8.63. The second-order valence-corrected chi connectivity index (χ2v) is 6.87. The van der Waals surface area contributed by atoms with Crippen molar-refractivity contribution in [2.75, 3.05) is 20.1 Å². The molecule has 0 aliphatic heterocycles. The van der Waals surface area contributed by atoms with Gasteiger partial charge >= 0.3 is 6.18 Å². The summed E-state index contributed by atoms with van der Waals surface area (Å²) in [6.45, 7) is 6.86. The average Bonchev–Trinajstić information content (AvgIpc) is 2.65. The lowest BCUT2D eigenvalue weighted by atomic mass is 9.96. The Hall–Kier alpha value is -2.25. The van der Waals surface area contributed by atoms with Gasteiger partial charge in [0.05, 0.1) is 5.56 Å². The van der Waals surface area contributed by atoms with Gasteiger partial charge in [-0.2, -0.15) is 13.2 Å². The number of nitrogens with zero attached hydrogens (tertiary/aromatic N) is 1. The second kappa shape index (κ2) is 11.6. The molecule has 1 aromatic rings. The molecule has 2 atom stereocenters. The first-order chi connectivity index (χ1) is 13.2. The first-order valence-electron chi connectivity index (χ1n) is 9.58. The molecule has 0 fully saturated rings. The van der Waals surface area contributed by atoms with Crippen molar-refractivity contribution in [3.05, 3.63) is 35.4 Å². The molecule has 2 unspecified atom stereocenters. The third-order valence-corrected chi connectivity index (χ3v) is 4.54. The Balaban J connectivity index is 2.39. The number of carbonyl (C=O) groups excluding carboxylic acids is 1. The van der Waals surface area contributed by atoms with Gasteiger partial charge in [0.25, 0.3) is 0 Å². The lowest BCUT2D eigenvalue weighted by molar-refractivity contribution is -0.137. The summed E-state index contributed by atoms with van der Waals surface area (Å²) in [4.78, 5) is 15.8. The van der Waals surface area contributed by atoms with Crippen molar-refractivity contribution in [3.63, 3.8) is 0 Å². The molecular formula is C20H31F3N4O. The van der Waals surface area contributed by atoms with E-state index in [4.69, 9.17) is 0 Å². The zero-order valence-corrected chi connectivity index (χ0v) is 17.0. The van der Waals surface area contributed by atoms with E-state index in [1.165, 1.54) is 12.1 Å². The molecule has 158 valence electrons. The largest absolute Gasteiger partial charge is 0.416 e. The summed E-state index contributed by atoms with van der Waals surface area (Å²) in [5.74, 6) is 0.511. The third-order valence-electron chi connectivity index (χ3n) is 4.54. The van der Waals surface area contributed by atoms with Crippen LogP contribution in [0, 0.1) is 0 Å². The number of benzene rings is 1. The van der Waals surface area contributed by atoms with E-state index in [0.717, 1.165) is 12.5 Å². The molecule has 5 nitrogen and oxygen atoms in total. The van der Waals surface area contributed by atoms with Crippen LogP contribution in [0.4, 0.5) is 13.2 Å². The first-order valence-corrected chi connectivity index (χ1v) is 9.58. The zero-order valence-electron chi connectivity index (χ0n) is 17.0. The van der Waals surface area contributed by atoms with E-state index in [9.17, 15) is 18.0 Å². The number of amides is 1. The fourth-order valence-corrected chi connectivity index (χ4v) is 2.56. The fourth-order valence-electron chi connectivity index (χ4n) is 2.56. The Kier molecular flexibility index (Phi) is 9.82. The van der Waals surface area contributed by atoms with Gasteiger partial charge in [0.1, 0.15) is 0 Å². The summed E-state index contributed by atoms with van der Waals surface area (Å²) in [5.41, 5.74) is 0.0271. The van der Waals surface area contributed by atoms with Crippen LogP contribution in [0.25, 0.3) is 0 Å². The predicted molar refractivity (Wildman–Crippen MR) is 106 cm³/mol. The number of aliphatic imine (C=N–C) groups is 1. The van der Waals surface area contributed by atoms with Crippen LogP contribution in [0.5, 0.6) is 0 Å². The molecule has 0 aliphatic carbocycles. The first kappa shape index (κ1) is 23.8. The minimum absolute atomic E-state index is 0.0181. The van der Waals surface area contributed by atoms with Crippen molar-refractivity contribution < 1.29 is 18.0 Å². The Labute approximate surface area is 165 Å². The summed E-state index contributed by atoms with van der Waals surface area (Å²) in [6.07, 6.45) is -2.46. The van der Waals surface area contributed by atoms with Gasteiger partial charge in [0.2, 0.25) is 5.91 Å². The van der Waals surface area contributed by atoms with Crippen LogP contribution in [0.2, 0.25) is 0 Å². The van der Waals surface area contributed by atoms with Gasteiger partial charge in [-0.15, -0.1) is 0 Å². The normalized spacial score (nSPS) is 14.3. The van der Waals surface area contributed by atoms with Crippen LogP contribution in [-0.2, 0) is 11.0 Å². The molecule has 0 saturated carbocycles. The number of hydrogen-bond donors (Lipinski definition) is 3. The predicted octanol–water partition coefficient (Wildman–Crippen LogP) is 3.67. The van der Waals surface area contributed by atoms with Crippen molar-refractivity contribution in [3.8, 4) is 0 Å². The summed E-state index contributed by atoms with van der Waals surface area (Å²) >= 11 is 0. The van der Waals surface area contributed by atoms with Crippen molar-refractivity contribution >= 4 is 11.9 Å². The standard InChI is InChI=1S/C20H31F3N4O/c1-5-15(3)27-18(28)10-12-26-19(24-4)25-11-9-14(2)16-7-6-8-17(13-16)20(21,22)23/h6-8,13-15H,5,9-12H2,1-4H3,(H,27,28)(H2,24,25,26). The van der Waals surface area contributed by atoms with Gasteiger partial charge in [-0.1, -0.05) is 32.0 Å². The Morgan fingerprint density at radius 3 is 2.46 bits per heavy atom. The van der Waals surface area contributed by atoms with E-state index in [2.05, 4.69) is 20.9 Å². The average molecular weight is 400 g/mol. The Bertz CT molecular complexity index is 647. The SMILES string of the molecule is CCC(C)NC(=O)CCNC(=NC)NCCC(C)c1cccc(C(F)(F)F)c1. The van der Waals surface area contributed by atoms with E-state index in [0.29, 0.717) is 37.5 Å².